The van der Waals surface area contributed by atoms with E-state index in [0.29, 0.717) is 27.5 Å². The van der Waals surface area contributed by atoms with Crippen LogP contribution in [0.25, 0.3) is 5.65 Å². The van der Waals surface area contributed by atoms with Crippen molar-refractivity contribution in [2.24, 2.45) is 0 Å². The topological polar surface area (TPSA) is 56.2 Å². The van der Waals surface area contributed by atoms with Gasteiger partial charge in [-0.25, -0.2) is 9.37 Å². The van der Waals surface area contributed by atoms with Crippen LogP contribution < -0.4 is 0 Å². The fourth-order valence-corrected chi connectivity index (χ4v) is 3.31. The first-order valence-corrected chi connectivity index (χ1v) is 8.86. The highest BCUT2D eigenvalue weighted by Gasteiger charge is 2.13. The van der Waals surface area contributed by atoms with Gasteiger partial charge in [-0.05, 0) is 24.3 Å². The average molecular weight is 375 g/mol. The van der Waals surface area contributed by atoms with E-state index in [0.717, 1.165) is 11.3 Å². The first-order valence-electron chi connectivity index (χ1n) is 7.50. The largest absolute Gasteiger partial charge is 0.416 e. The Morgan fingerprint density at radius 1 is 1.16 bits per heavy atom. The van der Waals surface area contributed by atoms with E-state index >= 15 is 0 Å². The predicted octanol–water partition coefficient (Wildman–Crippen LogP) is 4.39. The third-order valence-corrected chi connectivity index (χ3v) is 4.80. The first kappa shape index (κ1) is 16.1. The zero-order valence-corrected chi connectivity index (χ0v) is 14.5. The number of hydrogen-bond acceptors (Lipinski definition) is 5. The van der Waals surface area contributed by atoms with Crippen molar-refractivity contribution >= 4 is 29.0 Å². The number of rotatable bonds is 5. The molecule has 0 bridgehead atoms. The summed E-state index contributed by atoms with van der Waals surface area (Å²) in [4.78, 5) is 4.51. The summed E-state index contributed by atoms with van der Waals surface area (Å²) in [5.74, 6) is 0.540. The van der Waals surface area contributed by atoms with Gasteiger partial charge < -0.3 is 8.82 Å². The standard InChI is InChI=1S/C17H12ClFN4OS/c18-13-4-3-5-14(19)12(13)8-16-21-22-17(24-16)25-10-11-9-23-7-2-1-6-15(23)20-11/h1-7,9H,8,10H2. The molecule has 0 radical (unpaired) electrons. The Morgan fingerprint density at radius 3 is 2.92 bits per heavy atom. The maximum atomic E-state index is 13.8. The van der Waals surface area contributed by atoms with Gasteiger partial charge in [0.1, 0.15) is 11.5 Å². The lowest BCUT2D eigenvalue weighted by atomic mass is 10.1. The van der Waals surface area contributed by atoms with Crippen LogP contribution in [0.1, 0.15) is 17.1 Å². The lowest BCUT2D eigenvalue weighted by Gasteiger charge is -2.01. The number of imidazole rings is 1. The second kappa shape index (κ2) is 6.85. The van der Waals surface area contributed by atoms with Crippen LogP contribution in [0.5, 0.6) is 0 Å². The van der Waals surface area contributed by atoms with Crippen molar-refractivity contribution in [2.45, 2.75) is 17.4 Å². The van der Waals surface area contributed by atoms with Crippen LogP contribution in [0.3, 0.4) is 0 Å². The van der Waals surface area contributed by atoms with E-state index in [9.17, 15) is 4.39 Å². The Labute approximate surface area is 151 Å². The van der Waals surface area contributed by atoms with Gasteiger partial charge in [0.25, 0.3) is 5.22 Å². The van der Waals surface area contributed by atoms with Crippen molar-refractivity contribution in [2.75, 3.05) is 0 Å². The van der Waals surface area contributed by atoms with Gasteiger partial charge in [0.2, 0.25) is 5.89 Å². The smallest absolute Gasteiger partial charge is 0.276 e. The summed E-state index contributed by atoms with van der Waals surface area (Å²) in [6.45, 7) is 0. The van der Waals surface area contributed by atoms with Crippen molar-refractivity contribution in [3.63, 3.8) is 0 Å². The molecule has 3 aromatic heterocycles. The molecular formula is C17H12ClFN4OS. The third kappa shape index (κ3) is 3.52. The Balaban J connectivity index is 1.44. The number of halogens is 2. The number of nitrogens with zero attached hydrogens (tertiary/aromatic N) is 4. The molecule has 1 aromatic carbocycles. The molecule has 0 amide bonds. The van der Waals surface area contributed by atoms with E-state index in [2.05, 4.69) is 15.2 Å². The summed E-state index contributed by atoms with van der Waals surface area (Å²) in [7, 11) is 0. The summed E-state index contributed by atoms with van der Waals surface area (Å²) in [6.07, 6.45) is 4.06. The molecule has 0 atom stereocenters. The minimum Gasteiger partial charge on any atom is -0.416 e. The van der Waals surface area contributed by atoms with Crippen LogP contribution in [-0.2, 0) is 12.2 Å². The highest BCUT2D eigenvalue weighted by atomic mass is 35.5. The lowest BCUT2D eigenvalue weighted by Crippen LogP contribution is -1.94. The zero-order valence-electron chi connectivity index (χ0n) is 12.9. The average Bonchev–Trinajstić information content (AvgIpc) is 3.22. The van der Waals surface area contributed by atoms with Crippen molar-refractivity contribution in [3.05, 3.63) is 76.8 Å². The van der Waals surface area contributed by atoms with Gasteiger partial charge in [-0.2, -0.15) is 0 Å². The van der Waals surface area contributed by atoms with Crippen LogP contribution in [-0.4, -0.2) is 19.6 Å². The summed E-state index contributed by atoms with van der Waals surface area (Å²) in [5.41, 5.74) is 2.15. The number of benzene rings is 1. The van der Waals surface area contributed by atoms with E-state index in [1.807, 2.05) is 35.0 Å². The fraction of sp³-hybridized carbons (Fsp3) is 0.118. The van der Waals surface area contributed by atoms with Gasteiger partial charge in [0.15, 0.2) is 0 Å². The molecule has 8 heteroatoms. The molecule has 126 valence electrons. The molecule has 0 aliphatic heterocycles. The molecule has 3 heterocycles. The molecule has 0 aliphatic carbocycles. The maximum absolute atomic E-state index is 13.8. The van der Waals surface area contributed by atoms with Crippen LogP contribution in [0.2, 0.25) is 5.02 Å². The lowest BCUT2D eigenvalue weighted by molar-refractivity contribution is 0.418. The Bertz CT molecular complexity index is 979. The van der Waals surface area contributed by atoms with Gasteiger partial charge in [-0.1, -0.05) is 35.5 Å². The van der Waals surface area contributed by atoms with Gasteiger partial charge >= 0.3 is 0 Å². The van der Waals surface area contributed by atoms with E-state index in [1.54, 1.807) is 12.1 Å². The number of aromatic nitrogens is 4. The van der Waals surface area contributed by atoms with E-state index in [-0.39, 0.29) is 12.2 Å². The van der Waals surface area contributed by atoms with Gasteiger partial charge in [0.05, 0.1) is 12.1 Å². The Hall–Kier alpha value is -2.38. The number of thioether (sulfide) groups is 1. The minimum atomic E-state index is -0.385. The molecule has 0 saturated heterocycles. The van der Waals surface area contributed by atoms with Crippen LogP contribution in [0, 0.1) is 5.82 Å². The van der Waals surface area contributed by atoms with Crippen molar-refractivity contribution in [1.29, 1.82) is 0 Å². The summed E-state index contributed by atoms with van der Waals surface area (Å²) >= 11 is 7.41. The Morgan fingerprint density at radius 2 is 2.08 bits per heavy atom. The van der Waals surface area contributed by atoms with E-state index in [1.165, 1.54) is 17.8 Å². The molecule has 0 aliphatic rings. The highest BCUT2D eigenvalue weighted by Crippen LogP contribution is 2.25. The number of fused-ring (bicyclic) bond motifs is 1. The summed E-state index contributed by atoms with van der Waals surface area (Å²) in [5, 5.41) is 8.71. The van der Waals surface area contributed by atoms with E-state index < -0.39 is 0 Å². The zero-order chi connectivity index (χ0) is 17.2. The monoisotopic (exact) mass is 374 g/mol. The highest BCUT2D eigenvalue weighted by molar-refractivity contribution is 7.98. The molecule has 0 fully saturated rings. The molecule has 25 heavy (non-hydrogen) atoms. The molecule has 4 aromatic rings. The summed E-state index contributed by atoms with van der Waals surface area (Å²) < 4.78 is 21.4. The molecule has 0 spiro atoms. The second-order valence-corrected chi connectivity index (χ2v) is 6.66. The molecule has 0 N–H and O–H groups in total. The fourth-order valence-electron chi connectivity index (χ4n) is 2.41. The van der Waals surface area contributed by atoms with Gasteiger partial charge in [-0.3, -0.25) is 0 Å². The minimum absolute atomic E-state index is 0.160. The van der Waals surface area contributed by atoms with Crippen LogP contribution >= 0.6 is 23.4 Å². The normalized spacial score (nSPS) is 11.3. The molecule has 5 nitrogen and oxygen atoms in total. The third-order valence-electron chi connectivity index (χ3n) is 3.60. The Kier molecular flexibility index (Phi) is 4.42. The van der Waals surface area contributed by atoms with Crippen molar-refractivity contribution in [1.82, 2.24) is 19.6 Å². The maximum Gasteiger partial charge on any atom is 0.276 e. The van der Waals surface area contributed by atoms with Crippen LogP contribution in [0.15, 0.2) is 58.4 Å². The van der Waals surface area contributed by atoms with Crippen LogP contribution in [0.4, 0.5) is 4.39 Å². The molecule has 0 unspecified atom stereocenters. The predicted molar refractivity (Wildman–Crippen MR) is 93.3 cm³/mol. The van der Waals surface area contributed by atoms with Gasteiger partial charge in [-0.15, -0.1) is 10.2 Å². The van der Waals surface area contributed by atoms with Gasteiger partial charge in [0, 0.05) is 28.7 Å². The SMILES string of the molecule is Fc1cccc(Cl)c1Cc1nnc(SCc2cn3ccccc3n2)o1. The second-order valence-electron chi connectivity index (χ2n) is 5.33. The quantitative estimate of drug-likeness (QED) is 0.485. The van der Waals surface area contributed by atoms with Crippen molar-refractivity contribution < 1.29 is 8.81 Å². The molecular weight excluding hydrogens is 363 g/mol. The van der Waals surface area contributed by atoms with E-state index in [4.69, 9.17) is 16.0 Å². The summed E-state index contributed by atoms with van der Waals surface area (Å²) in [6, 6.07) is 10.4. The van der Waals surface area contributed by atoms with Crippen molar-refractivity contribution in [3.8, 4) is 0 Å². The molecule has 4 rings (SSSR count). The first-order chi connectivity index (χ1) is 12.2. The molecule has 0 saturated carbocycles. The number of hydrogen-bond donors (Lipinski definition) is 0. The number of pyridine rings is 1.